The maximum absolute atomic E-state index is 11.8. The van der Waals surface area contributed by atoms with Gasteiger partial charge in [0, 0.05) is 35.6 Å². The molecule has 0 saturated carbocycles. The van der Waals surface area contributed by atoms with Gasteiger partial charge in [-0.15, -0.1) is 0 Å². The zero-order chi connectivity index (χ0) is 19.1. The quantitative estimate of drug-likeness (QED) is 0.734. The van der Waals surface area contributed by atoms with Crippen molar-refractivity contribution in [2.24, 2.45) is 0 Å². The van der Waals surface area contributed by atoms with E-state index in [0.717, 1.165) is 46.7 Å². The SMILES string of the molecule is O=C1CN(Cc2cc3cc4c(cc3nc2-c2ccc(Cl)cc2)CCC4)CCN1. The van der Waals surface area contributed by atoms with Crippen LogP contribution in [0.1, 0.15) is 23.1 Å². The number of amides is 1. The lowest BCUT2D eigenvalue weighted by atomic mass is 10.00. The Bertz CT molecular complexity index is 1060. The molecule has 3 aromatic rings. The van der Waals surface area contributed by atoms with Gasteiger partial charge in [-0.05, 0) is 66.3 Å². The van der Waals surface area contributed by atoms with Crippen LogP contribution in [0.15, 0.2) is 42.5 Å². The van der Waals surface area contributed by atoms with Crippen LogP contribution in [0.2, 0.25) is 5.02 Å². The van der Waals surface area contributed by atoms with Gasteiger partial charge in [-0.3, -0.25) is 9.69 Å². The molecule has 1 aliphatic heterocycles. The zero-order valence-electron chi connectivity index (χ0n) is 15.7. The van der Waals surface area contributed by atoms with E-state index in [9.17, 15) is 4.79 Å². The summed E-state index contributed by atoms with van der Waals surface area (Å²) in [5, 5.41) is 4.81. The number of hydrogen-bond donors (Lipinski definition) is 1. The van der Waals surface area contributed by atoms with Gasteiger partial charge in [0.15, 0.2) is 0 Å². The summed E-state index contributed by atoms with van der Waals surface area (Å²) >= 11 is 6.10. The number of aromatic nitrogens is 1. The fraction of sp³-hybridized carbons (Fsp3) is 0.304. The molecule has 5 heteroatoms. The van der Waals surface area contributed by atoms with Gasteiger partial charge in [0.2, 0.25) is 5.91 Å². The van der Waals surface area contributed by atoms with Crippen LogP contribution < -0.4 is 5.32 Å². The summed E-state index contributed by atoms with van der Waals surface area (Å²) < 4.78 is 0. The molecule has 2 heterocycles. The van der Waals surface area contributed by atoms with Gasteiger partial charge in [-0.25, -0.2) is 4.98 Å². The van der Waals surface area contributed by atoms with Gasteiger partial charge in [0.1, 0.15) is 0 Å². The second-order valence-corrected chi connectivity index (χ2v) is 8.17. The Morgan fingerprint density at radius 2 is 1.86 bits per heavy atom. The van der Waals surface area contributed by atoms with Crippen LogP contribution >= 0.6 is 11.6 Å². The lowest BCUT2D eigenvalue weighted by Gasteiger charge is -2.27. The minimum atomic E-state index is 0.0888. The van der Waals surface area contributed by atoms with E-state index in [-0.39, 0.29) is 5.91 Å². The maximum Gasteiger partial charge on any atom is 0.234 e. The van der Waals surface area contributed by atoms with Crippen molar-refractivity contribution in [2.45, 2.75) is 25.8 Å². The molecule has 5 rings (SSSR count). The van der Waals surface area contributed by atoms with Crippen molar-refractivity contribution >= 4 is 28.4 Å². The monoisotopic (exact) mass is 391 g/mol. The minimum absolute atomic E-state index is 0.0888. The Morgan fingerprint density at radius 3 is 2.64 bits per heavy atom. The van der Waals surface area contributed by atoms with Crippen LogP contribution in [0.25, 0.3) is 22.2 Å². The third-order valence-corrected chi connectivity index (χ3v) is 5.99. The van der Waals surface area contributed by atoms with Gasteiger partial charge < -0.3 is 5.32 Å². The van der Waals surface area contributed by atoms with Crippen LogP contribution in [0.3, 0.4) is 0 Å². The summed E-state index contributed by atoms with van der Waals surface area (Å²) in [5.74, 6) is 0.0888. The molecule has 1 fully saturated rings. The summed E-state index contributed by atoms with van der Waals surface area (Å²) in [7, 11) is 0. The molecule has 4 nitrogen and oxygen atoms in total. The molecule has 142 valence electrons. The van der Waals surface area contributed by atoms with E-state index < -0.39 is 0 Å². The van der Waals surface area contributed by atoms with Crippen LogP contribution in [0.5, 0.6) is 0 Å². The van der Waals surface area contributed by atoms with Crippen molar-refractivity contribution in [3.05, 3.63) is 64.2 Å². The van der Waals surface area contributed by atoms with Crippen LogP contribution in [0.4, 0.5) is 0 Å². The number of halogens is 1. The highest BCUT2D eigenvalue weighted by Crippen LogP contribution is 2.32. The molecule has 1 amide bonds. The Balaban J connectivity index is 1.62. The first-order chi connectivity index (χ1) is 13.7. The molecule has 1 aliphatic carbocycles. The smallest absolute Gasteiger partial charge is 0.234 e. The third kappa shape index (κ3) is 3.38. The molecule has 1 N–H and O–H groups in total. The number of nitrogens with one attached hydrogen (secondary N) is 1. The fourth-order valence-electron chi connectivity index (χ4n) is 4.34. The maximum atomic E-state index is 11.8. The molecule has 1 saturated heterocycles. The highest BCUT2D eigenvalue weighted by molar-refractivity contribution is 6.30. The van der Waals surface area contributed by atoms with Crippen molar-refractivity contribution in [2.75, 3.05) is 19.6 Å². The molecule has 0 bridgehead atoms. The van der Waals surface area contributed by atoms with Crippen molar-refractivity contribution in [3.8, 4) is 11.3 Å². The summed E-state index contributed by atoms with van der Waals surface area (Å²) in [6.45, 7) is 2.70. The molecule has 2 aliphatic rings. The van der Waals surface area contributed by atoms with Crippen LogP contribution in [-0.4, -0.2) is 35.4 Å². The van der Waals surface area contributed by atoms with E-state index in [0.29, 0.717) is 19.6 Å². The summed E-state index contributed by atoms with van der Waals surface area (Å²) in [5.41, 5.74) is 7.13. The van der Waals surface area contributed by atoms with E-state index in [1.807, 2.05) is 24.3 Å². The molecule has 1 aromatic heterocycles. The molecule has 0 spiro atoms. The van der Waals surface area contributed by atoms with Crippen LogP contribution in [0, 0.1) is 0 Å². The molecule has 28 heavy (non-hydrogen) atoms. The molecular weight excluding hydrogens is 370 g/mol. The standard InChI is InChI=1S/C23H22ClN3O/c24-20-6-4-15(5-7-20)23-19(13-27-9-8-25-22(28)14-27)11-18-10-16-2-1-3-17(16)12-21(18)26-23/h4-7,10-12H,1-3,8-9,13-14H2,(H,25,28). The van der Waals surface area contributed by atoms with E-state index >= 15 is 0 Å². The van der Waals surface area contributed by atoms with Gasteiger partial charge in [-0.2, -0.15) is 0 Å². The number of fused-ring (bicyclic) bond motifs is 2. The third-order valence-electron chi connectivity index (χ3n) is 5.74. The highest BCUT2D eigenvalue weighted by Gasteiger charge is 2.20. The fourth-order valence-corrected chi connectivity index (χ4v) is 4.46. The first kappa shape index (κ1) is 17.7. The van der Waals surface area contributed by atoms with Gasteiger partial charge in [0.25, 0.3) is 0 Å². The molecule has 0 radical (unpaired) electrons. The second-order valence-electron chi connectivity index (χ2n) is 7.73. The van der Waals surface area contributed by atoms with Gasteiger partial charge in [-0.1, -0.05) is 23.7 Å². The Hall–Kier alpha value is -2.43. The van der Waals surface area contributed by atoms with E-state index in [1.165, 1.54) is 22.9 Å². The number of benzene rings is 2. The Morgan fingerprint density at radius 1 is 1.07 bits per heavy atom. The zero-order valence-corrected chi connectivity index (χ0v) is 16.4. The average Bonchev–Trinajstić information content (AvgIpc) is 3.14. The Kier molecular flexibility index (Phi) is 4.53. The van der Waals surface area contributed by atoms with Crippen molar-refractivity contribution in [1.82, 2.24) is 15.2 Å². The Labute approximate surface area is 169 Å². The second kappa shape index (κ2) is 7.19. The van der Waals surface area contributed by atoms with E-state index in [1.54, 1.807) is 0 Å². The number of carbonyl (C=O) groups excluding carboxylic acids is 1. The van der Waals surface area contributed by atoms with Crippen molar-refractivity contribution < 1.29 is 4.79 Å². The topological polar surface area (TPSA) is 45.2 Å². The minimum Gasteiger partial charge on any atom is -0.354 e. The largest absolute Gasteiger partial charge is 0.354 e. The lowest BCUT2D eigenvalue weighted by Crippen LogP contribution is -2.47. The normalized spacial score (nSPS) is 17.0. The first-order valence-corrected chi connectivity index (χ1v) is 10.2. The van der Waals surface area contributed by atoms with Gasteiger partial charge >= 0.3 is 0 Å². The predicted octanol–water partition coefficient (Wildman–Crippen LogP) is 3.98. The summed E-state index contributed by atoms with van der Waals surface area (Å²) in [4.78, 5) is 19.1. The number of aryl methyl sites for hydroxylation is 2. The van der Waals surface area contributed by atoms with Crippen molar-refractivity contribution in [1.29, 1.82) is 0 Å². The highest BCUT2D eigenvalue weighted by atomic mass is 35.5. The van der Waals surface area contributed by atoms with Gasteiger partial charge in [0.05, 0.1) is 17.8 Å². The molecule has 0 atom stereocenters. The first-order valence-electron chi connectivity index (χ1n) is 9.86. The molecular formula is C23H22ClN3O. The summed E-state index contributed by atoms with van der Waals surface area (Å²) in [6.07, 6.45) is 3.53. The van der Waals surface area contributed by atoms with Crippen LogP contribution in [-0.2, 0) is 24.2 Å². The lowest BCUT2D eigenvalue weighted by molar-refractivity contribution is -0.124. The van der Waals surface area contributed by atoms with Crippen molar-refractivity contribution in [3.63, 3.8) is 0 Å². The average molecular weight is 392 g/mol. The van der Waals surface area contributed by atoms with E-state index in [4.69, 9.17) is 16.6 Å². The number of rotatable bonds is 3. The number of piperazine rings is 1. The number of hydrogen-bond acceptors (Lipinski definition) is 3. The van der Waals surface area contributed by atoms with E-state index in [2.05, 4.69) is 28.4 Å². The summed E-state index contributed by atoms with van der Waals surface area (Å²) in [6, 6.07) is 14.7. The number of nitrogens with zero attached hydrogens (tertiary/aromatic N) is 2. The number of pyridine rings is 1. The molecule has 0 unspecified atom stereocenters. The predicted molar refractivity (Wildman–Crippen MR) is 113 cm³/mol. The number of carbonyl (C=O) groups is 1. The molecule has 2 aromatic carbocycles.